The van der Waals surface area contributed by atoms with Crippen LogP contribution in [0.15, 0.2) is 30.3 Å². The number of urea groups is 1. The molecule has 2 rings (SSSR count). The van der Waals surface area contributed by atoms with Gasteiger partial charge in [-0.05, 0) is 31.4 Å². The average molecular weight is 361 g/mol. The van der Waals surface area contributed by atoms with E-state index in [9.17, 15) is 9.59 Å². The molecule has 1 aliphatic rings. The van der Waals surface area contributed by atoms with Crippen molar-refractivity contribution >= 4 is 12.0 Å². The predicted molar refractivity (Wildman–Crippen MR) is 102 cm³/mol. The van der Waals surface area contributed by atoms with Gasteiger partial charge in [-0.1, -0.05) is 44.2 Å². The van der Waals surface area contributed by atoms with Crippen LogP contribution in [0.2, 0.25) is 0 Å². The number of hydrogen-bond donors (Lipinski definition) is 2. The van der Waals surface area contributed by atoms with Gasteiger partial charge < -0.3 is 20.2 Å². The quantitative estimate of drug-likeness (QED) is 0.782. The van der Waals surface area contributed by atoms with E-state index >= 15 is 0 Å². The number of piperazine rings is 1. The predicted octanol–water partition coefficient (Wildman–Crippen LogP) is 2.44. The zero-order valence-electron chi connectivity index (χ0n) is 16.0. The number of carbonyl (C=O) groups is 2. The summed E-state index contributed by atoms with van der Waals surface area (Å²) in [5.74, 6) is -0.466. The minimum atomic E-state index is -0.836. The normalized spacial score (nSPS) is 19.4. The van der Waals surface area contributed by atoms with Crippen LogP contribution in [0.5, 0.6) is 0 Å². The molecule has 2 unspecified atom stereocenters. The molecule has 1 fully saturated rings. The van der Waals surface area contributed by atoms with Crippen molar-refractivity contribution in [3.05, 3.63) is 35.9 Å². The maximum absolute atomic E-state index is 12.9. The van der Waals surface area contributed by atoms with Crippen LogP contribution >= 0.6 is 0 Å². The molecular formula is C20H31N3O3. The fourth-order valence-corrected chi connectivity index (χ4v) is 3.46. The molecule has 1 aliphatic heterocycles. The van der Waals surface area contributed by atoms with Gasteiger partial charge in [0.25, 0.3) is 0 Å². The number of carboxylic acid groups (broad SMARTS) is 1. The highest BCUT2D eigenvalue weighted by molar-refractivity contribution is 5.75. The van der Waals surface area contributed by atoms with Crippen molar-refractivity contribution in [2.45, 2.75) is 45.2 Å². The van der Waals surface area contributed by atoms with E-state index in [1.807, 2.05) is 35.2 Å². The second-order valence-corrected chi connectivity index (χ2v) is 7.54. The summed E-state index contributed by atoms with van der Waals surface area (Å²) in [7, 11) is 2.08. The van der Waals surface area contributed by atoms with Crippen molar-refractivity contribution in [3.8, 4) is 0 Å². The van der Waals surface area contributed by atoms with Crippen LogP contribution in [0.3, 0.4) is 0 Å². The first-order valence-electron chi connectivity index (χ1n) is 9.38. The third-order valence-electron chi connectivity index (χ3n) is 5.01. The number of nitrogens with one attached hydrogen (secondary N) is 1. The molecule has 1 saturated heterocycles. The molecule has 0 radical (unpaired) electrons. The standard InChI is InChI=1S/C20H31N3O3/c1-15(2)18-14-22(3)11-12-23(18)20(26)21-17(9-10-19(24)25)13-16-7-5-4-6-8-16/h4-8,15,17-18H,9-14H2,1-3H3,(H,21,26)(H,24,25). The molecule has 1 aromatic carbocycles. The Bertz CT molecular complexity index is 591. The highest BCUT2D eigenvalue weighted by Crippen LogP contribution is 2.17. The Balaban J connectivity index is 2.04. The first-order chi connectivity index (χ1) is 12.4. The van der Waals surface area contributed by atoms with Crippen LogP contribution in [0.25, 0.3) is 0 Å². The Kier molecular flexibility index (Phi) is 7.45. The summed E-state index contributed by atoms with van der Waals surface area (Å²) in [4.78, 5) is 28.1. The van der Waals surface area contributed by atoms with Crippen molar-refractivity contribution in [2.24, 2.45) is 5.92 Å². The SMILES string of the molecule is CC(C)C1CN(C)CCN1C(=O)NC(CCC(=O)O)Cc1ccccc1. The first-order valence-corrected chi connectivity index (χ1v) is 9.38. The minimum Gasteiger partial charge on any atom is -0.481 e. The van der Waals surface area contributed by atoms with Crippen LogP contribution in [-0.2, 0) is 11.2 Å². The highest BCUT2D eigenvalue weighted by atomic mass is 16.4. The van der Waals surface area contributed by atoms with Crippen LogP contribution in [-0.4, -0.2) is 65.7 Å². The third kappa shape index (κ3) is 6.02. The van der Waals surface area contributed by atoms with Crippen molar-refractivity contribution in [3.63, 3.8) is 0 Å². The molecule has 1 heterocycles. The van der Waals surface area contributed by atoms with E-state index in [1.54, 1.807) is 0 Å². The van der Waals surface area contributed by atoms with Crippen LogP contribution < -0.4 is 5.32 Å². The van der Waals surface area contributed by atoms with Crippen molar-refractivity contribution in [2.75, 3.05) is 26.7 Å². The van der Waals surface area contributed by atoms with Gasteiger partial charge in [-0.2, -0.15) is 0 Å². The van der Waals surface area contributed by atoms with Gasteiger partial charge in [0.05, 0.1) is 0 Å². The monoisotopic (exact) mass is 361 g/mol. The number of carbonyl (C=O) groups excluding carboxylic acids is 1. The van der Waals surface area contributed by atoms with Gasteiger partial charge >= 0.3 is 12.0 Å². The molecule has 6 nitrogen and oxygen atoms in total. The smallest absolute Gasteiger partial charge is 0.317 e. The molecule has 0 spiro atoms. The van der Waals surface area contributed by atoms with E-state index in [1.165, 1.54) is 0 Å². The van der Waals surface area contributed by atoms with Gasteiger partial charge in [0.1, 0.15) is 0 Å². The number of hydrogen-bond acceptors (Lipinski definition) is 3. The molecule has 0 bridgehead atoms. The molecule has 144 valence electrons. The molecule has 26 heavy (non-hydrogen) atoms. The molecule has 2 N–H and O–H groups in total. The van der Waals surface area contributed by atoms with Crippen LogP contribution in [0, 0.1) is 5.92 Å². The van der Waals surface area contributed by atoms with Gasteiger partial charge in [0, 0.05) is 38.1 Å². The van der Waals surface area contributed by atoms with Crippen molar-refractivity contribution in [1.82, 2.24) is 15.1 Å². The van der Waals surface area contributed by atoms with Gasteiger partial charge in [-0.25, -0.2) is 4.79 Å². The summed E-state index contributed by atoms with van der Waals surface area (Å²) >= 11 is 0. The lowest BCUT2D eigenvalue weighted by molar-refractivity contribution is -0.137. The topological polar surface area (TPSA) is 72.9 Å². The van der Waals surface area contributed by atoms with E-state index in [-0.39, 0.29) is 24.5 Å². The number of rotatable bonds is 7. The Morgan fingerprint density at radius 2 is 1.92 bits per heavy atom. The fraction of sp³-hybridized carbons (Fsp3) is 0.600. The summed E-state index contributed by atoms with van der Waals surface area (Å²) in [6.45, 7) is 6.69. The molecule has 2 amide bonds. The lowest BCUT2D eigenvalue weighted by Crippen LogP contribution is -2.59. The van der Waals surface area contributed by atoms with E-state index in [0.717, 1.165) is 18.7 Å². The number of amides is 2. The zero-order valence-corrected chi connectivity index (χ0v) is 16.0. The fourth-order valence-electron chi connectivity index (χ4n) is 3.46. The Morgan fingerprint density at radius 1 is 1.23 bits per heavy atom. The van der Waals surface area contributed by atoms with Crippen LogP contribution in [0.4, 0.5) is 4.79 Å². The summed E-state index contributed by atoms with van der Waals surface area (Å²) in [6.07, 6.45) is 1.12. The van der Waals surface area contributed by atoms with Gasteiger partial charge in [-0.3, -0.25) is 4.79 Å². The molecule has 0 aliphatic carbocycles. The third-order valence-corrected chi connectivity index (χ3v) is 5.01. The molecule has 2 atom stereocenters. The number of carboxylic acids is 1. The largest absolute Gasteiger partial charge is 0.481 e. The van der Waals surface area contributed by atoms with E-state index in [0.29, 0.717) is 25.3 Å². The van der Waals surface area contributed by atoms with Crippen molar-refractivity contribution < 1.29 is 14.7 Å². The molecule has 0 saturated carbocycles. The maximum Gasteiger partial charge on any atom is 0.317 e. The number of nitrogens with zero attached hydrogens (tertiary/aromatic N) is 2. The average Bonchev–Trinajstić information content (AvgIpc) is 2.60. The highest BCUT2D eigenvalue weighted by Gasteiger charge is 2.32. The van der Waals surface area contributed by atoms with Gasteiger partial charge in [0.2, 0.25) is 0 Å². The van der Waals surface area contributed by atoms with Crippen LogP contribution in [0.1, 0.15) is 32.3 Å². The van der Waals surface area contributed by atoms with Crippen molar-refractivity contribution in [1.29, 1.82) is 0 Å². The minimum absolute atomic E-state index is 0.0497. The number of likely N-dealkylation sites (N-methyl/N-ethyl adjacent to an activating group) is 1. The molecular weight excluding hydrogens is 330 g/mol. The van der Waals surface area contributed by atoms with E-state index in [2.05, 4.69) is 31.1 Å². The summed E-state index contributed by atoms with van der Waals surface area (Å²) in [5, 5.41) is 12.1. The summed E-state index contributed by atoms with van der Waals surface area (Å²) in [5.41, 5.74) is 1.10. The van der Waals surface area contributed by atoms with Gasteiger partial charge in [-0.15, -0.1) is 0 Å². The molecule has 0 aromatic heterocycles. The summed E-state index contributed by atoms with van der Waals surface area (Å²) < 4.78 is 0. The maximum atomic E-state index is 12.9. The van der Waals surface area contributed by atoms with Gasteiger partial charge in [0.15, 0.2) is 0 Å². The van der Waals surface area contributed by atoms with E-state index in [4.69, 9.17) is 5.11 Å². The van der Waals surface area contributed by atoms with E-state index < -0.39 is 5.97 Å². The lowest BCUT2D eigenvalue weighted by atomic mass is 9.99. The number of aliphatic carboxylic acids is 1. The second kappa shape index (κ2) is 9.57. The number of benzene rings is 1. The first kappa shape index (κ1) is 20.2. The molecule has 1 aromatic rings. The Morgan fingerprint density at radius 3 is 2.54 bits per heavy atom. The molecule has 6 heteroatoms. The lowest BCUT2D eigenvalue weighted by Gasteiger charge is -2.42. The summed E-state index contributed by atoms with van der Waals surface area (Å²) in [6, 6.07) is 9.79. The Labute approximate surface area is 156 Å². The zero-order chi connectivity index (χ0) is 19.1. The second-order valence-electron chi connectivity index (χ2n) is 7.54. The Hall–Kier alpha value is -2.08.